The van der Waals surface area contributed by atoms with Gasteiger partial charge in [0.2, 0.25) is 0 Å². The molecule has 16 heavy (non-hydrogen) atoms. The lowest BCUT2D eigenvalue weighted by Gasteiger charge is -2.02. The van der Waals surface area contributed by atoms with Crippen LogP contribution in [0.3, 0.4) is 0 Å². The van der Waals surface area contributed by atoms with Crippen molar-refractivity contribution in [1.29, 1.82) is 5.26 Å². The summed E-state index contributed by atoms with van der Waals surface area (Å²) in [6.45, 7) is 0. The molecule has 0 saturated heterocycles. The molecule has 0 amide bonds. The highest BCUT2D eigenvalue weighted by atomic mass is 32.2. The topological polar surface area (TPSA) is 78.2 Å². The van der Waals surface area contributed by atoms with Crippen LogP contribution < -0.4 is 0 Å². The fourth-order valence-electron chi connectivity index (χ4n) is 1.20. The number of rotatable bonds is 5. The molecule has 0 aliphatic carbocycles. The van der Waals surface area contributed by atoms with Crippen LogP contribution in [0.1, 0.15) is 17.5 Å². The number of carbonyl (C=O) groups is 1. The summed E-state index contributed by atoms with van der Waals surface area (Å²) in [5.41, 5.74) is 1.19. The second-order valence-corrected chi connectivity index (χ2v) is 4.78. The van der Waals surface area contributed by atoms with Gasteiger partial charge in [-0.25, -0.2) is 0 Å². The van der Waals surface area contributed by atoms with Crippen LogP contribution in [0.15, 0.2) is 24.3 Å². The van der Waals surface area contributed by atoms with Gasteiger partial charge in [-0.3, -0.25) is 9.00 Å². The molecule has 0 bridgehead atoms. The average Bonchev–Trinajstić information content (AvgIpc) is 2.27. The lowest BCUT2D eigenvalue weighted by Crippen LogP contribution is -2.07. The Hall–Kier alpha value is -1.67. The molecule has 0 fully saturated rings. The van der Waals surface area contributed by atoms with Gasteiger partial charge < -0.3 is 5.11 Å². The minimum absolute atomic E-state index is 0.110. The zero-order chi connectivity index (χ0) is 12.0. The molecule has 84 valence electrons. The van der Waals surface area contributed by atoms with Gasteiger partial charge in [0.05, 0.1) is 18.1 Å². The van der Waals surface area contributed by atoms with Gasteiger partial charge in [0.15, 0.2) is 0 Å². The maximum absolute atomic E-state index is 11.5. The monoisotopic (exact) mass is 237 g/mol. The van der Waals surface area contributed by atoms with E-state index in [1.54, 1.807) is 24.3 Å². The molecule has 4 nitrogen and oxygen atoms in total. The van der Waals surface area contributed by atoms with Crippen molar-refractivity contribution in [2.75, 3.05) is 5.75 Å². The van der Waals surface area contributed by atoms with Crippen molar-refractivity contribution < 1.29 is 14.1 Å². The van der Waals surface area contributed by atoms with E-state index in [2.05, 4.69) is 0 Å². The SMILES string of the molecule is N#Cc1ccccc1CS(=O)CCC(=O)O. The van der Waals surface area contributed by atoms with E-state index in [9.17, 15) is 9.00 Å². The van der Waals surface area contributed by atoms with E-state index in [0.717, 1.165) is 0 Å². The summed E-state index contributed by atoms with van der Waals surface area (Å²) >= 11 is 0. The highest BCUT2D eigenvalue weighted by molar-refractivity contribution is 7.84. The zero-order valence-electron chi connectivity index (χ0n) is 8.55. The molecule has 1 atom stereocenters. The second-order valence-electron chi connectivity index (χ2n) is 3.20. The predicted molar refractivity (Wildman–Crippen MR) is 60.1 cm³/mol. The molecule has 1 aromatic rings. The molecule has 1 N–H and O–H groups in total. The highest BCUT2D eigenvalue weighted by Gasteiger charge is 2.07. The van der Waals surface area contributed by atoms with Crippen molar-refractivity contribution >= 4 is 16.8 Å². The van der Waals surface area contributed by atoms with Gasteiger partial charge in [0.25, 0.3) is 0 Å². The normalized spacial score (nSPS) is 11.7. The van der Waals surface area contributed by atoms with Crippen LogP contribution in [0, 0.1) is 11.3 Å². The summed E-state index contributed by atoms with van der Waals surface area (Å²) in [4.78, 5) is 10.3. The molecule has 5 heteroatoms. The van der Waals surface area contributed by atoms with Crippen LogP contribution in [-0.4, -0.2) is 21.0 Å². The molecule has 0 saturated carbocycles. The van der Waals surface area contributed by atoms with Gasteiger partial charge in [-0.1, -0.05) is 18.2 Å². The quantitative estimate of drug-likeness (QED) is 0.836. The van der Waals surface area contributed by atoms with E-state index in [-0.39, 0.29) is 17.9 Å². The first kappa shape index (κ1) is 12.4. The number of benzene rings is 1. The lowest BCUT2D eigenvalue weighted by atomic mass is 10.1. The Morgan fingerprint density at radius 1 is 1.44 bits per heavy atom. The molecule has 1 unspecified atom stereocenters. The Labute approximate surface area is 96.0 Å². The standard InChI is InChI=1S/C11H11NO3S/c12-7-9-3-1-2-4-10(9)8-16(15)6-5-11(13)14/h1-4H,5-6,8H2,(H,13,14). The first-order chi connectivity index (χ1) is 7.63. The van der Waals surface area contributed by atoms with Crippen molar-refractivity contribution in [3.05, 3.63) is 35.4 Å². The first-order valence-electron chi connectivity index (χ1n) is 4.68. The van der Waals surface area contributed by atoms with Crippen molar-refractivity contribution in [3.8, 4) is 6.07 Å². The number of carboxylic acid groups (broad SMARTS) is 1. The second kappa shape index (κ2) is 6.03. The molecule has 0 spiro atoms. The van der Waals surface area contributed by atoms with Crippen LogP contribution in [0.25, 0.3) is 0 Å². The third-order valence-corrected chi connectivity index (χ3v) is 3.29. The van der Waals surface area contributed by atoms with Crippen molar-refractivity contribution in [2.45, 2.75) is 12.2 Å². The van der Waals surface area contributed by atoms with Crippen molar-refractivity contribution in [1.82, 2.24) is 0 Å². The Kier molecular flexibility index (Phi) is 4.67. The van der Waals surface area contributed by atoms with Crippen molar-refractivity contribution in [2.24, 2.45) is 0 Å². The first-order valence-corrected chi connectivity index (χ1v) is 6.17. The van der Waals surface area contributed by atoms with Crippen molar-refractivity contribution in [3.63, 3.8) is 0 Å². The van der Waals surface area contributed by atoms with Crippen LogP contribution in [-0.2, 0) is 21.3 Å². The van der Waals surface area contributed by atoms with Gasteiger partial charge >= 0.3 is 5.97 Å². The molecule has 0 aliphatic rings. The minimum atomic E-state index is -1.24. The molecule has 1 rings (SSSR count). The summed E-state index contributed by atoms with van der Waals surface area (Å²) in [5, 5.41) is 17.2. The smallest absolute Gasteiger partial charge is 0.304 e. The molecule has 0 radical (unpaired) electrons. The zero-order valence-corrected chi connectivity index (χ0v) is 9.37. The number of hydrogen-bond acceptors (Lipinski definition) is 3. The van der Waals surface area contributed by atoms with E-state index in [0.29, 0.717) is 11.1 Å². The molecular formula is C11H11NO3S. The van der Waals surface area contributed by atoms with Gasteiger partial charge in [0, 0.05) is 22.3 Å². The number of nitriles is 1. The van der Waals surface area contributed by atoms with Crippen LogP contribution in [0.4, 0.5) is 0 Å². The lowest BCUT2D eigenvalue weighted by molar-refractivity contribution is -0.136. The highest BCUT2D eigenvalue weighted by Crippen LogP contribution is 2.10. The van der Waals surface area contributed by atoms with Gasteiger partial charge in [-0.15, -0.1) is 0 Å². The fraction of sp³-hybridized carbons (Fsp3) is 0.273. The van der Waals surface area contributed by atoms with E-state index in [4.69, 9.17) is 10.4 Å². The summed E-state index contributed by atoms with van der Waals surface area (Å²) < 4.78 is 11.5. The summed E-state index contributed by atoms with van der Waals surface area (Å²) in [6.07, 6.45) is -0.110. The Balaban J connectivity index is 2.63. The number of aliphatic carboxylic acids is 1. The Bertz CT molecular complexity index is 451. The molecule has 1 aromatic carbocycles. The minimum Gasteiger partial charge on any atom is -0.481 e. The third kappa shape index (κ3) is 3.83. The Morgan fingerprint density at radius 3 is 2.75 bits per heavy atom. The van der Waals surface area contributed by atoms with Gasteiger partial charge in [-0.2, -0.15) is 5.26 Å². The predicted octanol–water partition coefficient (Wildman–Crippen LogP) is 1.28. The summed E-state index contributed by atoms with van der Waals surface area (Å²) in [7, 11) is -1.24. The summed E-state index contributed by atoms with van der Waals surface area (Å²) in [6, 6.07) is 8.91. The van der Waals surface area contributed by atoms with E-state index < -0.39 is 16.8 Å². The van der Waals surface area contributed by atoms with E-state index in [1.165, 1.54) is 0 Å². The summed E-state index contributed by atoms with van der Waals surface area (Å²) in [5.74, 6) is -0.603. The number of carboxylic acids is 1. The Morgan fingerprint density at radius 2 is 2.12 bits per heavy atom. The maximum atomic E-state index is 11.5. The average molecular weight is 237 g/mol. The van der Waals surface area contributed by atoms with Crippen LogP contribution >= 0.6 is 0 Å². The fourth-order valence-corrected chi connectivity index (χ4v) is 2.35. The van der Waals surface area contributed by atoms with Crippen LogP contribution in [0.5, 0.6) is 0 Å². The van der Waals surface area contributed by atoms with Crippen LogP contribution in [0.2, 0.25) is 0 Å². The maximum Gasteiger partial charge on any atom is 0.304 e. The van der Waals surface area contributed by atoms with E-state index >= 15 is 0 Å². The molecule has 0 heterocycles. The molecule has 0 aliphatic heterocycles. The molecular weight excluding hydrogens is 226 g/mol. The number of nitrogens with zero attached hydrogens (tertiary/aromatic N) is 1. The molecule has 0 aromatic heterocycles. The van der Waals surface area contributed by atoms with Gasteiger partial charge in [0.1, 0.15) is 0 Å². The largest absolute Gasteiger partial charge is 0.481 e. The number of hydrogen-bond donors (Lipinski definition) is 1. The van der Waals surface area contributed by atoms with E-state index in [1.807, 2.05) is 6.07 Å². The van der Waals surface area contributed by atoms with Gasteiger partial charge in [-0.05, 0) is 11.6 Å². The third-order valence-electron chi connectivity index (χ3n) is 2.00.